The highest BCUT2D eigenvalue weighted by Gasteiger charge is 2.51. The molecule has 7 N–H and O–H groups in total. The van der Waals surface area contributed by atoms with Gasteiger partial charge in [0.05, 0.1) is 103 Å². The zero-order valence-corrected chi connectivity index (χ0v) is 40.9. The molecule has 2 saturated carbocycles. The van der Waals surface area contributed by atoms with E-state index in [1.807, 2.05) is 12.1 Å². The normalized spacial score (nSPS) is 23.4. The molecule has 3 aromatic rings. The Bertz CT molecular complexity index is 2120. The molecule has 2 aliphatic carbocycles. The summed E-state index contributed by atoms with van der Waals surface area (Å²) in [6.07, 6.45) is 4.10. The van der Waals surface area contributed by atoms with Crippen molar-refractivity contribution in [2.45, 2.75) is 50.4 Å². The number of carbonyl (C=O) groups is 4. The van der Waals surface area contributed by atoms with Crippen molar-refractivity contribution in [3.05, 3.63) is 94.6 Å². The van der Waals surface area contributed by atoms with Crippen molar-refractivity contribution < 1.29 is 62.5 Å². The van der Waals surface area contributed by atoms with Crippen molar-refractivity contribution >= 4 is 23.9 Å². The van der Waals surface area contributed by atoms with Gasteiger partial charge in [-0.15, -0.1) is 0 Å². The van der Waals surface area contributed by atoms with Crippen LogP contribution in [0.2, 0.25) is 0 Å². The van der Waals surface area contributed by atoms with Crippen LogP contribution in [0, 0.1) is 17.8 Å². The maximum atomic E-state index is 13.2. The Hall–Kier alpha value is -5.24. The number of hydrogen-bond donors (Lipinski definition) is 7. The van der Waals surface area contributed by atoms with Gasteiger partial charge < -0.3 is 54.0 Å². The molecule has 4 unspecified atom stereocenters. The van der Waals surface area contributed by atoms with Crippen LogP contribution in [0.3, 0.4) is 0 Å². The van der Waals surface area contributed by atoms with Crippen molar-refractivity contribution in [2.24, 2.45) is 17.8 Å². The van der Waals surface area contributed by atoms with E-state index in [4.69, 9.17) is 33.2 Å². The number of rotatable bonds is 19. The lowest BCUT2D eigenvalue weighted by atomic mass is 9.94. The van der Waals surface area contributed by atoms with E-state index < -0.39 is 24.1 Å². The number of hydrogen-bond acceptors (Lipinski definition) is 18. The van der Waals surface area contributed by atoms with Crippen LogP contribution in [0.25, 0.3) is 0 Å². The number of aromatic nitrogens is 2. The molecule has 2 saturated heterocycles. The molecule has 22 nitrogen and oxygen atoms in total. The predicted molar refractivity (Wildman–Crippen MR) is 260 cm³/mol. The van der Waals surface area contributed by atoms with Crippen LogP contribution in [0.4, 0.5) is 4.79 Å². The summed E-state index contributed by atoms with van der Waals surface area (Å²) in [5.74, 6) is -0.785. The second-order valence-corrected chi connectivity index (χ2v) is 18.1. The summed E-state index contributed by atoms with van der Waals surface area (Å²) in [5.41, 5.74) is 11.9. The summed E-state index contributed by atoms with van der Waals surface area (Å²) in [7, 11) is 0. The molecule has 6 atom stereocenters. The van der Waals surface area contributed by atoms with E-state index in [1.54, 1.807) is 36.4 Å². The molecular weight excluding hydrogens is 935 g/mol. The van der Waals surface area contributed by atoms with Gasteiger partial charge >= 0.3 is 18.0 Å². The fourth-order valence-corrected chi connectivity index (χ4v) is 9.51. The number of nitrogens with one attached hydrogen (secondary N) is 5. The SMILES string of the molecule is O=C(NCCOCCOCCNC(=O)c1ccc(C(c2cccc(C(=O)O)n2)N2CCOCCOCCN(Cc3cccc(C(=O)O)n3)CCOCCOCC2)cc1)OCC1[C@H]2CCC3NNNC3CC[C@@H]12. The molecule has 2 aromatic heterocycles. The highest BCUT2D eigenvalue weighted by atomic mass is 16.6. The standard InChI is InChI=1S/C50H71N9O13/c60-47(51-15-21-66-27-28-67-22-16-52-50(65)72-34-40-38-11-13-41-42(56-57-55-41)14-12-39(38)40)36-9-7-35(8-10-36)46(43-4-2-6-45(54-43)49(63)64)59-19-25-70-31-29-68-23-17-58(18-24-69-30-32-71-26-20-59)33-37-3-1-5-44(53-37)48(61)62/h1-10,38-42,46,55-57H,11-34H2,(H,51,60)(H,52,65)(H,61,62)(H,63,64)/t38-,39+,40?,41?,42?,46?. The first kappa shape index (κ1) is 54.5. The van der Waals surface area contributed by atoms with Gasteiger partial charge in [0.1, 0.15) is 11.4 Å². The van der Waals surface area contributed by atoms with Crippen molar-refractivity contribution in [3.63, 3.8) is 0 Å². The molecule has 1 aromatic carbocycles. The Morgan fingerprint density at radius 3 is 1.81 bits per heavy atom. The van der Waals surface area contributed by atoms with Crippen LogP contribution < -0.4 is 27.0 Å². The monoisotopic (exact) mass is 1010 g/mol. The van der Waals surface area contributed by atoms with Crippen LogP contribution in [0.15, 0.2) is 60.7 Å². The van der Waals surface area contributed by atoms with E-state index in [0.29, 0.717) is 165 Å². The highest BCUT2D eigenvalue weighted by molar-refractivity contribution is 5.94. The molecule has 7 rings (SSSR count). The minimum atomic E-state index is -1.15. The van der Waals surface area contributed by atoms with Crippen molar-refractivity contribution in [1.29, 1.82) is 0 Å². The van der Waals surface area contributed by atoms with Crippen molar-refractivity contribution in [1.82, 2.24) is 46.8 Å². The van der Waals surface area contributed by atoms with E-state index >= 15 is 0 Å². The molecule has 0 bridgehead atoms. The van der Waals surface area contributed by atoms with E-state index in [2.05, 4.69) is 46.8 Å². The summed E-state index contributed by atoms with van der Waals surface area (Å²) >= 11 is 0. The number of nitrogens with zero attached hydrogens (tertiary/aromatic N) is 4. The molecule has 0 radical (unpaired) electrons. The maximum absolute atomic E-state index is 13.2. The number of aromatic carboxylic acids is 2. The van der Waals surface area contributed by atoms with Gasteiger partial charge in [-0.05, 0) is 85.4 Å². The summed E-state index contributed by atoms with van der Waals surface area (Å²) in [4.78, 5) is 61.9. The Kier molecular flexibility index (Phi) is 22.3. The minimum Gasteiger partial charge on any atom is -0.477 e. The van der Waals surface area contributed by atoms with Gasteiger partial charge in [0.25, 0.3) is 5.91 Å². The average Bonchev–Trinajstić information content (AvgIpc) is 3.84. The van der Waals surface area contributed by atoms with Crippen LogP contribution in [-0.4, -0.2) is 191 Å². The molecular formula is C50H71N9O13. The third-order valence-electron chi connectivity index (χ3n) is 13.4. The number of ether oxygens (including phenoxy) is 7. The number of benzene rings is 1. The third kappa shape index (κ3) is 17.5. The first-order valence-electron chi connectivity index (χ1n) is 25.1. The molecule has 394 valence electrons. The molecule has 4 fully saturated rings. The van der Waals surface area contributed by atoms with Crippen molar-refractivity contribution in [2.75, 3.05) is 125 Å². The van der Waals surface area contributed by atoms with E-state index in [-0.39, 0.29) is 30.4 Å². The van der Waals surface area contributed by atoms with Gasteiger partial charge in [0.2, 0.25) is 0 Å². The fourth-order valence-electron chi connectivity index (χ4n) is 9.51. The highest BCUT2D eigenvalue weighted by Crippen LogP contribution is 2.53. The minimum absolute atomic E-state index is 0.00682. The second-order valence-electron chi connectivity index (χ2n) is 18.1. The number of alkyl carbamates (subject to hydrolysis) is 1. The lowest BCUT2D eigenvalue weighted by molar-refractivity contribution is 0.00331. The van der Waals surface area contributed by atoms with Gasteiger partial charge in [0, 0.05) is 63.5 Å². The Morgan fingerprint density at radius 1 is 0.653 bits per heavy atom. The first-order valence-corrected chi connectivity index (χ1v) is 25.1. The van der Waals surface area contributed by atoms with E-state index in [9.17, 15) is 29.4 Å². The molecule has 22 heteroatoms. The van der Waals surface area contributed by atoms with Gasteiger partial charge in [0.15, 0.2) is 0 Å². The van der Waals surface area contributed by atoms with Gasteiger partial charge in [-0.1, -0.05) is 24.3 Å². The summed E-state index contributed by atoms with van der Waals surface area (Å²) in [6, 6.07) is 17.4. The van der Waals surface area contributed by atoms with Gasteiger partial charge in [-0.2, -0.15) is 5.53 Å². The van der Waals surface area contributed by atoms with Crippen LogP contribution >= 0.6 is 0 Å². The average molecular weight is 1010 g/mol. The van der Waals surface area contributed by atoms with E-state index in [1.165, 1.54) is 12.1 Å². The predicted octanol–water partition coefficient (Wildman–Crippen LogP) is 2.12. The number of carbonyl (C=O) groups excluding carboxylic acids is 2. The molecule has 2 amide bonds. The lowest BCUT2D eigenvalue weighted by Gasteiger charge is -2.32. The summed E-state index contributed by atoms with van der Waals surface area (Å²) in [5, 5.41) is 24.8. The second kappa shape index (κ2) is 29.5. The Labute approximate surface area is 420 Å². The van der Waals surface area contributed by atoms with Gasteiger partial charge in [-0.25, -0.2) is 35.2 Å². The fraction of sp³-hybridized carbons (Fsp3) is 0.600. The summed E-state index contributed by atoms with van der Waals surface area (Å²) in [6.45, 7) is 7.66. The number of fused-ring (bicyclic) bond motifs is 2. The van der Waals surface area contributed by atoms with Crippen LogP contribution in [0.5, 0.6) is 0 Å². The molecule has 2 aliphatic heterocycles. The lowest BCUT2D eigenvalue weighted by Crippen LogP contribution is -2.36. The quantitative estimate of drug-likeness (QED) is 0.0848. The smallest absolute Gasteiger partial charge is 0.407 e. The first-order chi connectivity index (χ1) is 35.2. The third-order valence-corrected chi connectivity index (χ3v) is 13.4. The Balaban J connectivity index is 0.816. The van der Waals surface area contributed by atoms with Crippen LogP contribution in [-0.2, 0) is 39.7 Å². The summed E-state index contributed by atoms with van der Waals surface area (Å²) < 4.78 is 40.6. The maximum Gasteiger partial charge on any atom is 0.407 e. The van der Waals surface area contributed by atoms with Crippen molar-refractivity contribution in [3.8, 4) is 0 Å². The Morgan fingerprint density at radius 2 is 1.21 bits per heavy atom. The topological polar surface area (TPSA) is 266 Å². The number of hydrazine groups is 2. The van der Waals surface area contributed by atoms with Crippen LogP contribution in [0.1, 0.15) is 80.0 Å². The number of amides is 2. The number of pyridine rings is 2. The zero-order valence-electron chi connectivity index (χ0n) is 40.9. The zero-order chi connectivity index (χ0) is 50.3. The number of carboxylic acids is 2. The number of carboxylic acid groups (broad SMARTS) is 2. The van der Waals surface area contributed by atoms with E-state index in [0.717, 1.165) is 31.2 Å². The molecule has 72 heavy (non-hydrogen) atoms. The molecule has 4 heterocycles. The molecule has 0 spiro atoms. The molecule has 4 aliphatic rings. The van der Waals surface area contributed by atoms with Gasteiger partial charge in [-0.3, -0.25) is 14.6 Å². The largest absolute Gasteiger partial charge is 0.477 e.